The Morgan fingerprint density at radius 3 is 2.16 bits per heavy atom. The van der Waals surface area contributed by atoms with Crippen molar-refractivity contribution in [3.05, 3.63) is 98.5 Å². The molecular formula is C24H17Cl3N2O2S. The van der Waals surface area contributed by atoms with Gasteiger partial charge in [-0.1, -0.05) is 64.8 Å². The molecule has 0 N–H and O–H groups in total. The van der Waals surface area contributed by atoms with Crippen LogP contribution in [0.3, 0.4) is 0 Å². The number of anilines is 2. The molecular weight excluding hydrogens is 487 g/mol. The molecule has 4 nitrogen and oxygen atoms in total. The van der Waals surface area contributed by atoms with Crippen molar-refractivity contribution in [2.45, 2.75) is 11.8 Å². The summed E-state index contributed by atoms with van der Waals surface area (Å²) in [4.78, 5) is 31.3. The summed E-state index contributed by atoms with van der Waals surface area (Å²) in [5.41, 5.74) is 1.49. The van der Waals surface area contributed by atoms with Gasteiger partial charge in [-0.05, 0) is 61.5 Å². The average Bonchev–Trinajstić information content (AvgIpc) is 3.03. The first kappa shape index (κ1) is 22.7. The lowest BCUT2D eigenvalue weighted by molar-refractivity contribution is -0.120. The van der Waals surface area contributed by atoms with Gasteiger partial charge < -0.3 is 4.90 Å². The summed E-state index contributed by atoms with van der Waals surface area (Å²) < 4.78 is 0. The van der Waals surface area contributed by atoms with Crippen LogP contribution in [0.15, 0.2) is 88.3 Å². The van der Waals surface area contributed by atoms with Crippen molar-refractivity contribution in [2.75, 3.05) is 16.3 Å². The number of carbonyl (C=O) groups excluding carboxylic acids is 2. The van der Waals surface area contributed by atoms with Crippen molar-refractivity contribution in [2.24, 2.45) is 0 Å². The lowest BCUT2D eigenvalue weighted by Crippen LogP contribution is -2.35. The van der Waals surface area contributed by atoms with E-state index in [0.717, 1.165) is 15.5 Å². The molecule has 0 unspecified atom stereocenters. The smallest absolute Gasteiger partial charge is 0.283 e. The predicted molar refractivity (Wildman–Crippen MR) is 133 cm³/mol. The lowest BCUT2D eigenvalue weighted by Gasteiger charge is -2.24. The topological polar surface area (TPSA) is 40.6 Å². The highest BCUT2D eigenvalue weighted by Crippen LogP contribution is 2.41. The normalized spacial score (nSPS) is 13.8. The zero-order valence-electron chi connectivity index (χ0n) is 16.9. The van der Waals surface area contributed by atoms with Crippen LogP contribution in [0.25, 0.3) is 0 Å². The minimum absolute atomic E-state index is 0.264. The number of likely N-dealkylation sites (N-methyl/N-ethyl adjacent to an activating group) is 1. The van der Waals surface area contributed by atoms with Crippen LogP contribution in [0.1, 0.15) is 6.92 Å². The second kappa shape index (κ2) is 9.59. The summed E-state index contributed by atoms with van der Waals surface area (Å²) in [5, 5.41) is 1.20. The molecule has 0 saturated carbocycles. The van der Waals surface area contributed by atoms with Crippen LogP contribution in [-0.2, 0) is 9.59 Å². The van der Waals surface area contributed by atoms with Crippen LogP contribution in [0, 0.1) is 0 Å². The van der Waals surface area contributed by atoms with Gasteiger partial charge in [-0.25, -0.2) is 4.90 Å². The predicted octanol–water partition coefficient (Wildman–Crippen LogP) is 7.05. The number of hydrogen-bond acceptors (Lipinski definition) is 4. The molecule has 162 valence electrons. The molecule has 0 spiro atoms. The van der Waals surface area contributed by atoms with Gasteiger partial charge in [0.2, 0.25) is 0 Å². The minimum atomic E-state index is -0.421. The Hall–Kier alpha value is -2.44. The van der Waals surface area contributed by atoms with Gasteiger partial charge in [-0.3, -0.25) is 9.59 Å². The van der Waals surface area contributed by atoms with Gasteiger partial charge in [0.1, 0.15) is 10.6 Å². The maximum atomic E-state index is 13.6. The van der Waals surface area contributed by atoms with E-state index in [0.29, 0.717) is 32.9 Å². The number of rotatable bonds is 6. The molecule has 0 saturated heterocycles. The second-order valence-corrected chi connectivity index (χ2v) is 9.19. The summed E-state index contributed by atoms with van der Waals surface area (Å²) in [7, 11) is 0. The summed E-state index contributed by atoms with van der Waals surface area (Å²) in [6.45, 7) is 2.43. The highest BCUT2D eigenvalue weighted by Gasteiger charge is 2.42. The first-order chi connectivity index (χ1) is 15.4. The van der Waals surface area contributed by atoms with Gasteiger partial charge in [-0.15, -0.1) is 0 Å². The Labute approximate surface area is 205 Å². The molecule has 1 aliphatic heterocycles. The lowest BCUT2D eigenvalue weighted by atomic mass is 10.2. The fraction of sp³-hybridized carbons (Fsp3) is 0.0833. The van der Waals surface area contributed by atoms with Crippen LogP contribution in [0.5, 0.6) is 0 Å². The molecule has 1 heterocycles. The number of para-hydroxylation sites is 1. The SMILES string of the molecule is CCN(C1=C(Sc2ccc(Cl)cc2)C(=O)N(c2ccc(Cl)c(Cl)c2)C1=O)c1ccccc1. The highest BCUT2D eigenvalue weighted by molar-refractivity contribution is 8.04. The molecule has 1 aliphatic rings. The van der Waals surface area contributed by atoms with Gasteiger partial charge in [0.05, 0.1) is 15.7 Å². The van der Waals surface area contributed by atoms with Gasteiger partial charge in [0.25, 0.3) is 11.8 Å². The first-order valence-electron chi connectivity index (χ1n) is 9.74. The van der Waals surface area contributed by atoms with Gasteiger partial charge in [0.15, 0.2) is 0 Å². The zero-order chi connectivity index (χ0) is 22.8. The van der Waals surface area contributed by atoms with E-state index in [9.17, 15) is 9.59 Å². The quantitative estimate of drug-likeness (QED) is 0.338. The summed E-state index contributed by atoms with van der Waals surface area (Å²) in [6.07, 6.45) is 0. The zero-order valence-corrected chi connectivity index (χ0v) is 20.0. The van der Waals surface area contributed by atoms with Gasteiger partial charge >= 0.3 is 0 Å². The fourth-order valence-electron chi connectivity index (χ4n) is 3.38. The Morgan fingerprint density at radius 2 is 1.53 bits per heavy atom. The van der Waals surface area contributed by atoms with Crippen molar-refractivity contribution in [3.8, 4) is 0 Å². The fourth-order valence-corrected chi connectivity index (χ4v) is 4.78. The molecule has 32 heavy (non-hydrogen) atoms. The van der Waals surface area contributed by atoms with Crippen molar-refractivity contribution in [1.82, 2.24) is 0 Å². The summed E-state index contributed by atoms with van der Waals surface area (Å²) in [5.74, 6) is -0.840. The monoisotopic (exact) mass is 502 g/mol. The number of nitrogens with zero attached hydrogens (tertiary/aromatic N) is 2. The minimum Gasteiger partial charge on any atom is -0.336 e. The Balaban J connectivity index is 1.83. The number of halogens is 3. The number of thioether (sulfide) groups is 1. The standard InChI is InChI=1S/C24H17Cl3N2O2S/c1-2-28(16-6-4-3-5-7-16)21-22(32-18-11-8-15(25)9-12-18)24(31)29(23(21)30)17-10-13-19(26)20(27)14-17/h3-14H,2H2,1H3. The molecule has 0 fully saturated rings. The Morgan fingerprint density at radius 1 is 0.844 bits per heavy atom. The number of benzene rings is 3. The van der Waals surface area contributed by atoms with Crippen molar-refractivity contribution in [3.63, 3.8) is 0 Å². The number of hydrogen-bond donors (Lipinski definition) is 0. The molecule has 0 bridgehead atoms. The van der Waals surface area contributed by atoms with Gasteiger partial charge in [0, 0.05) is 22.2 Å². The second-order valence-electron chi connectivity index (χ2n) is 6.86. The Kier molecular flexibility index (Phi) is 6.82. The maximum absolute atomic E-state index is 13.6. The van der Waals surface area contributed by atoms with Crippen LogP contribution in [0.4, 0.5) is 11.4 Å². The molecule has 0 aliphatic carbocycles. The van der Waals surface area contributed by atoms with E-state index < -0.39 is 11.8 Å². The third kappa shape index (κ3) is 4.39. The average molecular weight is 504 g/mol. The van der Waals surface area contributed by atoms with E-state index in [1.165, 1.54) is 17.8 Å². The molecule has 0 radical (unpaired) electrons. The van der Waals surface area contributed by atoms with Crippen LogP contribution >= 0.6 is 46.6 Å². The number of carbonyl (C=O) groups is 2. The summed E-state index contributed by atoms with van der Waals surface area (Å²) >= 11 is 19.4. The largest absolute Gasteiger partial charge is 0.336 e. The Bertz CT molecular complexity index is 1210. The van der Waals surface area contributed by atoms with E-state index in [2.05, 4.69) is 0 Å². The van der Waals surface area contributed by atoms with E-state index in [1.54, 1.807) is 24.3 Å². The molecule has 0 aromatic heterocycles. The van der Waals surface area contributed by atoms with Crippen LogP contribution < -0.4 is 9.80 Å². The van der Waals surface area contributed by atoms with E-state index in [-0.39, 0.29) is 5.02 Å². The molecule has 8 heteroatoms. The third-order valence-corrected chi connectivity index (χ3v) is 6.94. The molecule has 4 rings (SSSR count). The van der Waals surface area contributed by atoms with Crippen LogP contribution in [0.2, 0.25) is 15.1 Å². The van der Waals surface area contributed by atoms with E-state index in [1.807, 2.05) is 54.3 Å². The maximum Gasteiger partial charge on any atom is 0.283 e. The van der Waals surface area contributed by atoms with Crippen LogP contribution in [-0.4, -0.2) is 18.4 Å². The van der Waals surface area contributed by atoms with Crippen molar-refractivity contribution in [1.29, 1.82) is 0 Å². The number of amides is 2. The number of imide groups is 1. The first-order valence-corrected chi connectivity index (χ1v) is 11.7. The molecule has 2 amide bonds. The van der Waals surface area contributed by atoms with Gasteiger partial charge in [-0.2, -0.15) is 0 Å². The highest BCUT2D eigenvalue weighted by atomic mass is 35.5. The van der Waals surface area contributed by atoms with E-state index in [4.69, 9.17) is 34.8 Å². The molecule has 3 aromatic carbocycles. The summed E-state index contributed by atoms with van der Waals surface area (Å²) in [6, 6.07) is 21.3. The third-order valence-electron chi connectivity index (χ3n) is 4.87. The van der Waals surface area contributed by atoms with E-state index >= 15 is 0 Å². The van der Waals surface area contributed by atoms with Crippen molar-refractivity contribution < 1.29 is 9.59 Å². The van der Waals surface area contributed by atoms with Crippen molar-refractivity contribution >= 4 is 69.8 Å². The molecule has 0 atom stereocenters. The molecule has 3 aromatic rings.